The zero-order valence-electron chi connectivity index (χ0n) is 13.0. The molecule has 116 valence electrons. The van der Waals surface area contributed by atoms with Crippen LogP contribution in [0.2, 0.25) is 0 Å². The summed E-state index contributed by atoms with van der Waals surface area (Å²) in [5.41, 5.74) is 0.430. The number of rotatable bonds is 5. The smallest absolute Gasteiger partial charge is 0.225 e. The Hall–Kier alpha value is -1.20. The first kappa shape index (κ1) is 14.7. The second kappa shape index (κ2) is 6.71. The van der Waals surface area contributed by atoms with Gasteiger partial charge in [-0.3, -0.25) is 4.90 Å². The van der Waals surface area contributed by atoms with Gasteiger partial charge in [-0.2, -0.15) is 0 Å². The van der Waals surface area contributed by atoms with E-state index in [9.17, 15) is 0 Å². The Balaban J connectivity index is 1.58. The normalized spacial score (nSPS) is 22.0. The molecule has 0 N–H and O–H groups in total. The maximum absolute atomic E-state index is 5.20. The van der Waals surface area contributed by atoms with Gasteiger partial charge in [0.25, 0.3) is 0 Å². The van der Waals surface area contributed by atoms with E-state index in [1.54, 1.807) is 7.11 Å². The molecule has 0 atom stereocenters. The van der Waals surface area contributed by atoms with Gasteiger partial charge >= 0.3 is 0 Å². The number of piperidine rings is 1. The lowest BCUT2D eigenvalue weighted by molar-refractivity contribution is 0.0921. The van der Waals surface area contributed by atoms with Gasteiger partial charge in [-0.15, -0.1) is 0 Å². The molecule has 1 aromatic rings. The summed E-state index contributed by atoms with van der Waals surface area (Å²) in [6, 6.07) is 1.88. The van der Waals surface area contributed by atoms with E-state index in [1.807, 2.05) is 18.5 Å². The van der Waals surface area contributed by atoms with Crippen LogP contribution in [0.15, 0.2) is 18.5 Å². The van der Waals surface area contributed by atoms with Gasteiger partial charge in [0.15, 0.2) is 0 Å². The van der Waals surface area contributed by atoms with Gasteiger partial charge in [0.2, 0.25) is 5.95 Å². The predicted molar refractivity (Wildman–Crippen MR) is 83.5 cm³/mol. The first-order chi connectivity index (χ1) is 10.3. The van der Waals surface area contributed by atoms with Gasteiger partial charge in [0.05, 0.1) is 0 Å². The topological polar surface area (TPSA) is 41.5 Å². The van der Waals surface area contributed by atoms with E-state index in [-0.39, 0.29) is 0 Å². The van der Waals surface area contributed by atoms with Crippen LogP contribution in [0, 0.1) is 0 Å². The summed E-state index contributed by atoms with van der Waals surface area (Å²) < 4.78 is 5.20. The van der Waals surface area contributed by atoms with E-state index in [2.05, 4.69) is 19.8 Å². The van der Waals surface area contributed by atoms with Crippen molar-refractivity contribution < 1.29 is 4.74 Å². The lowest BCUT2D eigenvalue weighted by Crippen LogP contribution is -2.52. The number of likely N-dealkylation sites (tertiary alicyclic amines) is 1. The molecule has 0 aliphatic carbocycles. The van der Waals surface area contributed by atoms with Crippen LogP contribution in [0.1, 0.15) is 32.1 Å². The van der Waals surface area contributed by atoms with Gasteiger partial charge in [0, 0.05) is 51.3 Å². The van der Waals surface area contributed by atoms with Crippen molar-refractivity contribution in [2.75, 3.05) is 44.8 Å². The Bertz CT molecular complexity index is 431. The molecular formula is C16H26N4O. The summed E-state index contributed by atoms with van der Waals surface area (Å²) in [6.45, 7) is 5.45. The van der Waals surface area contributed by atoms with E-state index in [4.69, 9.17) is 4.74 Å². The highest BCUT2D eigenvalue weighted by molar-refractivity contribution is 5.30. The lowest BCUT2D eigenvalue weighted by Gasteiger charge is -2.45. The monoisotopic (exact) mass is 290 g/mol. The van der Waals surface area contributed by atoms with Crippen molar-refractivity contribution in [2.24, 2.45) is 0 Å². The van der Waals surface area contributed by atoms with Gasteiger partial charge < -0.3 is 9.64 Å². The van der Waals surface area contributed by atoms with Crippen LogP contribution in [-0.2, 0) is 4.74 Å². The molecule has 2 aliphatic rings. The van der Waals surface area contributed by atoms with Crippen molar-refractivity contribution in [3.63, 3.8) is 0 Å². The highest BCUT2D eigenvalue weighted by Gasteiger charge is 2.42. The molecule has 1 spiro atoms. The molecule has 0 radical (unpaired) electrons. The number of hydrogen-bond donors (Lipinski definition) is 0. The second-order valence-electron chi connectivity index (χ2n) is 6.20. The number of nitrogens with zero attached hydrogens (tertiary/aromatic N) is 4. The molecule has 2 saturated heterocycles. The minimum absolute atomic E-state index is 0.430. The number of methoxy groups -OCH3 is 1. The Morgan fingerprint density at radius 3 is 2.62 bits per heavy atom. The fraction of sp³-hybridized carbons (Fsp3) is 0.750. The average molecular weight is 290 g/mol. The van der Waals surface area contributed by atoms with Crippen molar-refractivity contribution >= 4 is 5.95 Å². The number of hydrogen-bond acceptors (Lipinski definition) is 5. The maximum Gasteiger partial charge on any atom is 0.225 e. The second-order valence-corrected chi connectivity index (χ2v) is 6.20. The maximum atomic E-state index is 5.20. The van der Waals surface area contributed by atoms with Gasteiger partial charge in [-0.05, 0) is 44.7 Å². The predicted octanol–water partition coefficient (Wildman–Crippen LogP) is 1.95. The number of ether oxygens (including phenoxy) is 1. The van der Waals surface area contributed by atoms with E-state index < -0.39 is 0 Å². The van der Waals surface area contributed by atoms with Crippen LogP contribution in [0.3, 0.4) is 0 Å². The molecule has 1 aromatic heterocycles. The van der Waals surface area contributed by atoms with E-state index in [1.165, 1.54) is 38.8 Å². The van der Waals surface area contributed by atoms with Crippen molar-refractivity contribution in [3.8, 4) is 0 Å². The molecule has 0 aromatic carbocycles. The summed E-state index contributed by atoms with van der Waals surface area (Å²) in [5, 5.41) is 0. The highest BCUT2D eigenvalue weighted by Crippen LogP contribution is 2.38. The van der Waals surface area contributed by atoms with E-state index >= 15 is 0 Å². The Labute approximate surface area is 127 Å². The Kier molecular flexibility index (Phi) is 4.70. The van der Waals surface area contributed by atoms with Crippen LogP contribution in [0.25, 0.3) is 0 Å². The molecule has 0 saturated carbocycles. The van der Waals surface area contributed by atoms with Gasteiger partial charge in [-0.25, -0.2) is 9.97 Å². The average Bonchev–Trinajstić information content (AvgIpc) is 2.92. The lowest BCUT2D eigenvalue weighted by atomic mass is 9.85. The standard InChI is InChI=1S/C16H26N4O/c1-21-14-4-11-20-10-2-5-16(20)6-12-19(13-7-16)15-17-8-3-9-18-15/h3,8-9H,2,4-7,10-14H2,1H3. The fourth-order valence-corrected chi connectivity index (χ4v) is 3.89. The number of aromatic nitrogens is 2. The van der Waals surface area contributed by atoms with Gasteiger partial charge in [0.1, 0.15) is 0 Å². The molecule has 0 bridgehead atoms. The quantitative estimate of drug-likeness (QED) is 0.775. The molecule has 21 heavy (non-hydrogen) atoms. The Morgan fingerprint density at radius 1 is 1.14 bits per heavy atom. The summed E-state index contributed by atoms with van der Waals surface area (Å²) >= 11 is 0. The van der Waals surface area contributed by atoms with Crippen LogP contribution >= 0.6 is 0 Å². The van der Waals surface area contributed by atoms with Crippen molar-refractivity contribution in [3.05, 3.63) is 18.5 Å². The first-order valence-corrected chi connectivity index (χ1v) is 8.10. The molecule has 5 nitrogen and oxygen atoms in total. The SMILES string of the molecule is COCCCN1CCCC12CCN(c1ncccn1)CC2. The summed E-state index contributed by atoms with van der Waals surface area (Å²) in [4.78, 5) is 13.8. The third-order valence-electron chi connectivity index (χ3n) is 5.05. The Morgan fingerprint density at radius 2 is 1.90 bits per heavy atom. The fourth-order valence-electron chi connectivity index (χ4n) is 3.89. The largest absolute Gasteiger partial charge is 0.385 e. The van der Waals surface area contributed by atoms with Crippen LogP contribution in [-0.4, -0.2) is 60.3 Å². The van der Waals surface area contributed by atoms with Crippen molar-refractivity contribution in [2.45, 2.75) is 37.6 Å². The molecule has 5 heteroatoms. The highest BCUT2D eigenvalue weighted by atomic mass is 16.5. The van der Waals surface area contributed by atoms with E-state index in [0.717, 1.165) is 32.1 Å². The molecule has 3 heterocycles. The summed E-state index contributed by atoms with van der Waals surface area (Å²) in [7, 11) is 1.79. The molecule has 0 amide bonds. The summed E-state index contributed by atoms with van der Waals surface area (Å²) in [6.07, 6.45) is 9.97. The minimum Gasteiger partial charge on any atom is -0.385 e. The third-order valence-corrected chi connectivity index (χ3v) is 5.05. The zero-order valence-corrected chi connectivity index (χ0v) is 13.0. The molecule has 3 rings (SSSR count). The first-order valence-electron chi connectivity index (χ1n) is 8.10. The van der Waals surface area contributed by atoms with Crippen molar-refractivity contribution in [1.82, 2.24) is 14.9 Å². The molecule has 2 aliphatic heterocycles. The van der Waals surface area contributed by atoms with Crippen LogP contribution < -0.4 is 4.90 Å². The van der Waals surface area contributed by atoms with Gasteiger partial charge in [-0.1, -0.05) is 0 Å². The molecule has 2 fully saturated rings. The van der Waals surface area contributed by atoms with Crippen LogP contribution in [0.5, 0.6) is 0 Å². The number of anilines is 1. The zero-order chi connectivity index (χ0) is 14.5. The molecule has 0 unspecified atom stereocenters. The summed E-state index contributed by atoms with van der Waals surface area (Å²) in [5.74, 6) is 0.885. The molecular weight excluding hydrogens is 264 g/mol. The third kappa shape index (κ3) is 3.19. The minimum atomic E-state index is 0.430. The van der Waals surface area contributed by atoms with Crippen molar-refractivity contribution in [1.29, 1.82) is 0 Å². The van der Waals surface area contributed by atoms with Crippen LogP contribution in [0.4, 0.5) is 5.95 Å². The van der Waals surface area contributed by atoms with E-state index in [0.29, 0.717) is 5.54 Å².